The Morgan fingerprint density at radius 1 is 1.12 bits per heavy atom. The first-order valence-electron chi connectivity index (χ1n) is 12.1. The number of hydrogen-bond acceptors (Lipinski definition) is 4. The van der Waals surface area contributed by atoms with Gasteiger partial charge in [-0.2, -0.15) is 0 Å². The summed E-state index contributed by atoms with van der Waals surface area (Å²) in [7, 11) is 0. The van der Waals surface area contributed by atoms with Crippen LogP contribution in [0.3, 0.4) is 0 Å². The molecular formula is C25H32BrN5O. The summed E-state index contributed by atoms with van der Waals surface area (Å²) in [6.07, 6.45) is 8.55. The predicted molar refractivity (Wildman–Crippen MR) is 126 cm³/mol. The first-order valence-corrected chi connectivity index (χ1v) is 12.9. The van der Waals surface area contributed by atoms with Gasteiger partial charge in [0, 0.05) is 32.7 Å². The zero-order valence-electron chi connectivity index (χ0n) is 18.8. The number of rotatable bonds is 4. The Balaban J connectivity index is 1.17. The summed E-state index contributed by atoms with van der Waals surface area (Å²) in [6.45, 7) is 6.75. The molecule has 0 N–H and O–H groups in total. The lowest BCUT2D eigenvalue weighted by atomic mass is 9.46. The number of carbonyl (C=O) groups is 1. The highest BCUT2D eigenvalue weighted by molar-refractivity contribution is 9.10. The summed E-state index contributed by atoms with van der Waals surface area (Å²) in [6, 6.07) is 8.77. The molecule has 5 fully saturated rings. The molecule has 5 aliphatic rings. The van der Waals surface area contributed by atoms with Gasteiger partial charge in [-0.25, -0.2) is 9.67 Å². The molecule has 7 rings (SSSR count). The van der Waals surface area contributed by atoms with Crippen molar-refractivity contribution in [2.45, 2.75) is 57.5 Å². The Labute approximate surface area is 198 Å². The molecule has 170 valence electrons. The Hall–Kier alpha value is -1.73. The summed E-state index contributed by atoms with van der Waals surface area (Å²) in [5, 5.41) is 4.65. The third-order valence-corrected chi connectivity index (χ3v) is 8.95. The molecule has 1 aromatic heterocycles. The van der Waals surface area contributed by atoms with Gasteiger partial charge in [-0.15, -0.1) is 5.10 Å². The zero-order valence-corrected chi connectivity index (χ0v) is 20.4. The van der Waals surface area contributed by atoms with Crippen molar-refractivity contribution < 1.29 is 4.79 Å². The zero-order chi connectivity index (χ0) is 21.9. The molecule has 4 saturated carbocycles. The van der Waals surface area contributed by atoms with Crippen LogP contribution in [0, 0.1) is 24.2 Å². The van der Waals surface area contributed by atoms with Gasteiger partial charge in [0.15, 0.2) is 0 Å². The number of amides is 1. The number of hydrogen-bond donors (Lipinski definition) is 0. The van der Waals surface area contributed by atoms with E-state index >= 15 is 0 Å². The normalized spacial score (nSPS) is 34.2. The molecule has 1 saturated heterocycles. The quantitative estimate of drug-likeness (QED) is 0.640. The summed E-state index contributed by atoms with van der Waals surface area (Å²) in [5.74, 6) is 1.71. The number of carbonyl (C=O) groups excluding carboxylic acids is 1. The number of aromatic nitrogens is 3. The highest BCUT2D eigenvalue weighted by Crippen LogP contribution is 2.64. The van der Waals surface area contributed by atoms with Crippen LogP contribution in [0.15, 0.2) is 35.3 Å². The van der Waals surface area contributed by atoms with Gasteiger partial charge < -0.3 is 4.90 Å². The maximum Gasteiger partial charge on any atom is 0.228 e. The van der Waals surface area contributed by atoms with Crippen molar-refractivity contribution in [1.29, 1.82) is 0 Å². The molecule has 2 unspecified atom stereocenters. The second-order valence-electron chi connectivity index (χ2n) is 11.0. The molecule has 6 nitrogen and oxygen atoms in total. The first kappa shape index (κ1) is 20.8. The average Bonchev–Trinajstić information content (AvgIpc) is 3.20. The van der Waals surface area contributed by atoms with Gasteiger partial charge in [0.1, 0.15) is 6.33 Å². The van der Waals surface area contributed by atoms with Crippen molar-refractivity contribution in [3.63, 3.8) is 0 Å². The third-order valence-electron chi connectivity index (χ3n) is 8.58. The van der Waals surface area contributed by atoms with Gasteiger partial charge in [0.05, 0.1) is 11.0 Å². The van der Waals surface area contributed by atoms with Crippen molar-refractivity contribution in [1.82, 2.24) is 24.6 Å². The van der Waals surface area contributed by atoms with Gasteiger partial charge in [-0.3, -0.25) is 9.69 Å². The lowest BCUT2D eigenvalue weighted by Gasteiger charge is -2.61. The predicted octanol–water partition coefficient (Wildman–Crippen LogP) is 3.99. The van der Waals surface area contributed by atoms with Crippen LogP contribution in [-0.2, 0) is 16.9 Å². The van der Waals surface area contributed by atoms with Gasteiger partial charge in [-0.1, -0.05) is 29.8 Å². The molecule has 1 amide bonds. The minimum absolute atomic E-state index is 0.0221. The largest absolute Gasteiger partial charge is 0.340 e. The van der Waals surface area contributed by atoms with Crippen LogP contribution in [0.2, 0.25) is 0 Å². The molecule has 32 heavy (non-hydrogen) atoms. The minimum Gasteiger partial charge on any atom is -0.340 e. The van der Waals surface area contributed by atoms with Crippen molar-refractivity contribution in [2.24, 2.45) is 17.3 Å². The highest BCUT2D eigenvalue weighted by Gasteiger charge is 2.62. The lowest BCUT2D eigenvalue weighted by Crippen LogP contribution is -2.62. The van der Waals surface area contributed by atoms with E-state index in [1.807, 2.05) is 6.33 Å². The van der Waals surface area contributed by atoms with Crippen LogP contribution in [0.25, 0.3) is 0 Å². The molecule has 0 spiro atoms. The maximum absolute atomic E-state index is 14.0. The highest BCUT2D eigenvalue weighted by atomic mass is 79.9. The Bertz CT molecular complexity index is 1010. The standard InChI is InChI=1S/C25H32BrN5O/c1-18-3-2-4-19(9-18)15-29-5-7-30(8-6-29)22(32)24-11-20-10-21(12-24)14-25(13-20,16-24)31-17-27-23(26)28-31/h2-4,9,17,20-21H,5-8,10-16H2,1H3/t20-,21+,24?,25?. The van der Waals surface area contributed by atoms with E-state index in [1.54, 1.807) is 0 Å². The molecule has 4 bridgehead atoms. The van der Waals surface area contributed by atoms with E-state index in [-0.39, 0.29) is 11.0 Å². The number of aryl methyl sites for hydroxylation is 1. The fourth-order valence-electron chi connectivity index (χ4n) is 7.72. The lowest BCUT2D eigenvalue weighted by molar-refractivity contribution is -0.168. The molecule has 7 heteroatoms. The number of nitrogens with zero attached hydrogens (tertiary/aromatic N) is 5. The fourth-order valence-corrected chi connectivity index (χ4v) is 7.98. The van der Waals surface area contributed by atoms with E-state index in [4.69, 9.17) is 0 Å². The second-order valence-corrected chi connectivity index (χ2v) is 11.7. The Morgan fingerprint density at radius 3 is 2.53 bits per heavy atom. The number of halogens is 1. The molecule has 1 aliphatic heterocycles. The molecule has 4 atom stereocenters. The summed E-state index contributed by atoms with van der Waals surface area (Å²) >= 11 is 3.43. The fraction of sp³-hybridized carbons (Fsp3) is 0.640. The van der Waals surface area contributed by atoms with Crippen LogP contribution in [-0.4, -0.2) is 56.7 Å². The van der Waals surface area contributed by atoms with E-state index in [1.165, 1.54) is 17.5 Å². The molecule has 2 heterocycles. The van der Waals surface area contributed by atoms with E-state index in [2.05, 4.69) is 71.7 Å². The van der Waals surface area contributed by atoms with Gasteiger partial charge in [-0.05, 0) is 78.8 Å². The average molecular weight is 498 g/mol. The Kier molecular flexibility index (Phi) is 4.99. The van der Waals surface area contributed by atoms with Crippen LogP contribution < -0.4 is 0 Å². The maximum atomic E-state index is 14.0. The van der Waals surface area contributed by atoms with Crippen LogP contribution in [0.5, 0.6) is 0 Å². The topological polar surface area (TPSA) is 54.3 Å². The molecule has 0 radical (unpaired) electrons. The van der Waals surface area contributed by atoms with E-state index in [0.717, 1.165) is 64.8 Å². The SMILES string of the molecule is Cc1cccc(CN2CCN(C(=O)C34C[C@H]5C[C@@H](C3)CC(n3cnc(Br)n3)(C5)C4)CC2)c1. The van der Waals surface area contributed by atoms with Crippen molar-refractivity contribution in [3.05, 3.63) is 46.5 Å². The van der Waals surface area contributed by atoms with E-state index in [9.17, 15) is 4.79 Å². The van der Waals surface area contributed by atoms with Crippen molar-refractivity contribution >= 4 is 21.8 Å². The van der Waals surface area contributed by atoms with Crippen molar-refractivity contribution in [3.8, 4) is 0 Å². The molecule has 2 aromatic rings. The first-order chi connectivity index (χ1) is 15.4. The van der Waals surface area contributed by atoms with E-state index < -0.39 is 0 Å². The molecule has 4 aliphatic carbocycles. The third kappa shape index (κ3) is 3.52. The summed E-state index contributed by atoms with van der Waals surface area (Å²) in [4.78, 5) is 23.0. The van der Waals surface area contributed by atoms with E-state index in [0.29, 0.717) is 22.5 Å². The van der Waals surface area contributed by atoms with Crippen molar-refractivity contribution in [2.75, 3.05) is 26.2 Å². The minimum atomic E-state index is -0.193. The van der Waals surface area contributed by atoms with Gasteiger partial charge >= 0.3 is 0 Å². The molecular weight excluding hydrogens is 466 g/mol. The van der Waals surface area contributed by atoms with Gasteiger partial charge in [0.25, 0.3) is 0 Å². The second kappa shape index (κ2) is 7.66. The summed E-state index contributed by atoms with van der Waals surface area (Å²) in [5.41, 5.74) is 2.46. The number of benzene rings is 1. The summed E-state index contributed by atoms with van der Waals surface area (Å²) < 4.78 is 2.74. The molecule has 1 aromatic carbocycles. The number of piperazine rings is 1. The smallest absolute Gasteiger partial charge is 0.228 e. The van der Waals surface area contributed by atoms with Crippen LogP contribution in [0.1, 0.15) is 49.7 Å². The van der Waals surface area contributed by atoms with Crippen LogP contribution >= 0.6 is 15.9 Å². The van der Waals surface area contributed by atoms with Gasteiger partial charge in [0.2, 0.25) is 10.6 Å². The van der Waals surface area contributed by atoms with Crippen LogP contribution in [0.4, 0.5) is 0 Å². The Morgan fingerprint density at radius 2 is 1.88 bits per heavy atom. The monoisotopic (exact) mass is 497 g/mol.